The van der Waals surface area contributed by atoms with Gasteiger partial charge in [-0.2, -0.15) is 5.10 Å². The number of aromatic nitrogens is 2. The fourth-order valence-electron chi connectivity index (χ4n) is 4.40. The molecule has 1 heterocycles. The fraction of sp³-hybridized carbons (Fsp3) is 0.545. The molecule has 1 saturated carbocycles. The Labute approximate surface area is 165 Å². The SMILES string of the molecule is O=C(NNC1CCCCCCC1)c1nn(-c2ccc(F)cc2)c2c1CCCC2. The van der Waals surface area contributed by atoms with E-state index in [1.807, 2.05) is 4.68 Å². The number of halogens is 1. The summed E-state index contributed by atoms with van der Waals surface area (Å²) in [6.45, 7) is 0. The predicted octanol–water partition coefficient (Wildman–Crippen LogP) is 4.24. The lowest BCUT2D eigenvalue weighted by molar-refractivity contribution is 0.0915. The molecule has 1 aromatic heterocycles. The molecule has 0 radical (unpaired) electrons. The zero-order valence-corrected chi connectivity index (χ0v) is 16.3. The van der Waals surface area contributed by atoms with Crippen molar-refractivity contribution in [3.63, 3.8) is 0 Å². The Morgan fingerprint density at radius 2 is 1.64 bits per heavy atom. The summed E-state index contributed by atoms with van der Waals surface area (Å²) < 4.78 is 15.1. The average molecular weight is 384 g/mol. The first kappa shape index (κ1) is 19.1. The largest absolute Gasteiger partial charge is 0.286 e. The topological polar surface area (TPSA) is 59.0 Å². The van der Waals surface area contributed by atoms with E-state index in [0.29, 0.717) is 11.7 Å². The molecule has 1 aromatic carbocycles. The maximum absolute atomic E-state index is 13.3. The van der Waals surface area contributed by atoms with Gasteiger partial charge in [-0.3, -0.25) is 10.2 Å². The minimum absolute atomic E-state index is 0.166. The Morgan fingerprint density at radius 1 is 0.964 bits per heavy atom. The summed E-state index contributed by atoms with van der Waals surface area (Å²) >= 11 is 0. The van der Waals surface area contributed by atoms with Crippen LogP contribution in [0.4, 0.5) is 4.39 Å². The van der Waals surface area contributed by atoms with Gasteiger partial charge in [0, 0.05) is 17.3 Å². The molecule has 0 unspecified atom stereocenters. The van der Waals surface area contributed by atoms with E-state index in [0.717, 1.165) is 55.5 Å². The molecule has 2 N–H and O–H groups in total. The van der Waals surface area contributed by atoms with E-state index in [1.165, 1.54) is 44.2 Å². The molecule has 28 heavy (non-hydrogen) atoms. The molecule has 0 aliphatic heterocycles. The van der Waals surface area contributed by atoms with Crippen molar-refractivity contribution >= 4 is 5.91 Å². The van der Waals surface area contributed by atoms with Gasteiger partial charge in [0.2, 0.25) is 0 Å². The molecule has 0 atom stereocenters. The van der Waals surface area contributed by atoms with Crippen LogP contribution < -0.4 is 10.9 Å². The summed E-state index contributed by atoms with van der Waals surface area (Å²) in [5.74, 6) is -0.438. The van der Waals surface area contributed by atoms with Crippen LogP contribution in [-0.2, 0) is 12.8 Å². The van der Waals surface area contributed by atoms with Gasteiger partial charge in [-0.15, -0.1) is 0 Å². The molecule has 2 aliphatic rings. The fourth-order valence-corrected chi connectivity index (χ4v) is 4.40. The summed E-state index contributed by atoms with van der Waals surface area (Å²) in [5, 5.41) is 4.63. The van der Waals surface area contributed by atoms with Crippen molar-refractivity contribution in [2.45, 2.75) is 76.7 Å². The number of nitrogens with zero attached hydrogens (tertiary/aromatic N) is 2. The van der Waals surface area contributed by atoms with E-state index in [2.05, 4.69) is 16.0 Å². The maximum atomic E-state index is 13.3. The second-order valence-corrected chi connectivity index (χ2v) is 8.01. The first-order valence-electron chi connectivity index (χ1n) is 10.6. The quantitative estimate of drug-likeness (QED) is 0.776. The van der Waals surface area contributed by atoms with Crippen molar-refractivity contribution in [2.75, 3.05) is 0 Å². The number of amides is 1. The van der Waals surface area contributed by atoms with E-state index in [4.69, 9.17) is 0 Å². The number of carbonyl (C=O) groups is 1. The van der Waals surface area contributed by atoms with Crippen LogP contribution in [0.15, 0.2) is 24.3 Å². The lowest BCUT2D eigenvalue weighted by Crippen LogP contribution is -2.45. The van der Waals surface area contributed by atoms with Gasteiger partial charge in [0.05, 0.1) is 5.69 Å². The van der Waals surface area contributed by atoms with Crippen molar-refractivity contribution in [3.05, 3.63) is 47.0 Å². The van der Waals surface area contributed by atoms with Crippen molar-refractivity contribution in [3.8, 4) is 5.69 Å². The highest BCUT2D eigenvalue weighted by molar-refractivity contribution is 5.93. The molecular formula is C22H29FN4O. The van der Waals surface area contributed by atoms with Gasteiger partial charge in [-0.05, 0) is 62.8 Å². The standard InChI is InChI=1S/C22H29FN4O/c23-16-12-14-18(15-13-16)27-20-11-7-6-10-19(20)21(26-27)22(28)25-24-17-8-4-2-1-3-5-9-17/h12-15,17,24H,1-11H2,(H,25,28). The highest BCUT2D eigenvalue weighted by Gasteiger charge is 2.26. The number of nitrogens with one attached hydrogen (secondary N) is 2. The highest BCUT2D eigenvalue weighted by Crippen LogP contribution is 2.27. The highest BCUT2D eigenvalue weighted by atomic mass is 19.1. The summed E-state index contributed by atoms with van der Waals surface area (Å²) in [6.07, 6.45) is 12.4. The second-order valence-electron chi connectivity index (χ2n) is 8.01. The van der Waals surface area contributed by atoms with Gasteiger partial charge >= 0.3 is 0 Å². The molecule has 0 saturated heterocycles. The summed E-state index contributed by atoms with van der Waals surface area (Å²) in [4.78, 5) is 12.9. The summed E-state index contributed by atoms with van der Waals surface area (Å²) in [5.41, 5.74) is 9.58. The normalized spacial score (nSPS) is 18.2. The number of benzene rings is 1. The lowest BCUT2D eigenvalue weighted by Gasteiger charge is -2.21. The van der Waals surface area contributed by atoms with E-state index >= 15 is 0 Å². The summed E-state index contributed by atoms with van der Waals surface area (Å²) in [6, 6.07) is 6.63. The zero-order valence-electron chi connectivity index (χ0n) is 16.3. The van der Waals surface area contributed by atoms with Gasteiger partial charge < -0.3 is 0 Å². The second kappa shape index (κ2) is 8.86. The Kier molecular flexibility index (Phi) is 6.05. The minimum atomic E-state index is -0.272. The van der Waals surface area contributed by atoms with Crippen LogP contribution in [0.1, 0.15) is 79.5 Å². The van der Waals surface area contributed by atoms with Crippen molar-refractivity contribution < 1.29 is 9.18 Å². The van der Waals surface area contributed by atoms with Gasteiger partial charge in [0.25, 0.3) is 5.91 Å². The maximum Gasteiger partial charge on any atom is 0.286 e. The molecule has 2 aromatic rings. The van der Waals surface area contributed by atoms with E-state index in [1.54, 1.807) is 12.1 Å². The smallest absolute Gasteiger partial charge is 0.286 e. The van der Waals surface area contributed by atoms with Crippen LogP contribution in [0.2, 0.25) is 0 Å². The Hall–Kier alpha value is -2.21. The molecule has 1 amide bonds. The van der Waals surface area contributed by atoms with Gasteiger partial charge in [-0.25, -0.2) is 14.5 Å². The number of hydrogen-bond acceptors (Lipinski definition) is 3. The third-order valence-corrected chi connectivity index (χ3v) is 5.96. The van der Waals surface area contributed by atoms with E-state index < -0.39 is 0 Å². The van der Waals surface area contributed by atoms with Gasteiger partial charge in [-0.1, -0.05) is 32.1 Å². The molecule has 2 aliphatic carbocycles. The first-order chi connectivity index (χ1) is 13.7. The monoisotopic (exact) mass is 384 g/mol. The van der Waals surface area contributed by atoms with Gasteiger partial charge in [0.1, 0.15) is 5.82 Å². The zero-order chi connectivity index (χ0) is 19.3. The predicted molar refractivity (Wildman–Crippen MR) is 107 cm³/mol. The molecule has 0 bridgehead atoms. The molecule has 6 heteroatoms. The molecule has 1 fully saturated rings. The molecule has 0 spiro atoms. The van der Waals surface area contributed by atoms with Crippen molar-refractivity contribution in [2.24, 2.45) is 0 Å². The third kappa shape index (κ3) is 4.27. The van der Waals surface area contributed by atoms with Crippen LogP contribution in [0.3, 0.4) is 0 Å². The Morgan fingerprint density at radius 3 is 2.39 bits per heavy atom. The van der Waals surface area contributed by atoms with Crippen molar-refractivity contribution in [1.82, 2.24) is 20.6 Å². The lowest BCUT2D eigenvalue weighted by atomic mass is 9.95. The Bertz CT molecular complexity index is 807. The van der Waals surface area contributed by atoms with Crippen LogP contribution in [0.5, 0.6) is 0 Å². The average Bonchev–Trinajstić information content (AvgIpc) is 3.07. The van der Waals surface area contributed by atoms with Crippen LogP contribution in [0, 0.1) is 5.82 Å². The van der Waals surface area contributed by atoms with E-state index in [-0.39, 0.29) is 11.7 Å². The third-order valence-electron chi connectivity index (χ3n) is 5.96. The van der Waals surface area contributed by atoms with Crippen LogP contribution >= 0.6 is 0 Å². The van der Waals surface area contributed by atoms with Crippen molar-refractivity contribution in [1.29, 1.82) is 0 Å². The number of rotatable bonds is 4. The number of hydrazine groups is 1. The first-order valence-corrected chi connectivity index (χ1v) is 10.6. The minimum Gasteiger partial charge on any atom is -0.286 e. The van der Waals surface area contributed by atoms with E-state index in [9.17, 15) is 9.18 Å². The summed E-state index contributed by atoms with van der Waals surface area (Å²) in [7, 11) is 0. The Balaban J connectivity index is 1.51. The number of fused-ring (bicyclic) bond motifs is 1. The molecule has 150 valence electrons. The van der Waals surface area contributed by atoms with Crippen LogP contribution in [-0.4, -0.2) is 21.7 Å². The molecule has 5 nitrogen and oxygen atoms in total. The van der Waals surface area contributed by atoms with Crippen LogP contribution in [0.25, 0.3) is 5.69 Å². The number of carbonyl (C=O) groups excluding carboxylic acids is 1. The molecular weight excluding hydrogens is 355 g/mol. The molecule has 4 rings (SSSR count). The van der Waals surface area contributed by atoms with Gasteiger partial charge in [0.15, 0.2) is 5.69 Å². The number of hydrogen-bond donors (Lipinski definition) is 2.